The number of esters is 1. The molecule has 0 amide bonds. The Morgan fingerprint density at radius 1 is 1.19 bits per heavy atom. The zero-order valence-corrected chi connectivity index (χ0v) is 16.6. The second kappa shape index (κ2) is 6.95. The van der Waals surface area contributed by atoms with E-state index in [2.05, 4.69) is 13.2 Å². The van der Waals surface area contributed by atoms with Crippen molar-refractivity contribution in [2.24, 2.45) is 11.1 Å². The molecule has 1 fully saturated rings. The van der Waals surface area contributed by atoms with Crippen LogP contribution < -0.4 is 5.73 Å². The molecule has 0 aliphatic heterocycles. The number of methoxy groups -OCH3 is 2. The third kappa shape index (κ3) is 3.58. The molecular formula is C21H31NO4. The standard InChI is InChI=1S/C21H31NO4/c1-8-16(25-7)17(14(2)24-6)15-13-20(18(23)26-19(3,4)5)9-11-21(15,22)12-10-20/h8,13H,1-2,9-12,22H2,3-7H3/b17-16-. The molecule has 2 bridgehead atoms. The van der Waals surface area contributed by atoms with Gasteiger partial charge < -0.3 is 19.9 Å². The van der Waals surface area contributed by atoms with Crippen molar-refractivity contribution < 1.29 is 19.0 Å². The highest BCUT2D eigenvalue weighted by atomic mass is 16.6. The molecule has 3 aliphatic carbocycles. The van der Waals surface area contributed by atoms with E-state index in [-0.39, 0.29) is 5.97 Å². The van der Waals surface area contributed by atoms with Crippen LogP contribution in [-0.4, -0.2) is 31.3 Å². The normalized spacial score (nSPS) is 28.6. The van der Waals surface area contributed by atoms with Gasteiger partial charge in [0, 0.05) is 5.54 Å². The van der Waals surface area contributed by atoms with E-state index in [0.29, 0.717) is 42.8 Å². The molecule has 0 radical (unpaired) electrons. The maximum absolute atomic E-state index is 13.0. The van der Waals surface area contributed by atoms with Gasteiger partial charge >= 0.3 is 5.97 Å². The number of nitrogens with two attached hydrogens (primary N) is 1. The van der Waals surface area contributed by atoms with Crippen molar-refractivity contribution >= 4 is 5.97 Å². The second-order valence-electron chi connectivity index (χ2n) is 8.15. The molecule has 26 heavy (non-hydrogen) atoms. The number of hydrogen-bond acceptors (Lipinski definition) is 5. The Kier molecular flexibility index (Phi) is 5.43. The van der Waals surface area contributed by atoms with Crippen LogP contribution in [0.15, 0.2) is 48.0 Å². The molecule has 5 heteroatoms. The largest absolute Gasteiger partial charge is 0.497 e. The number of allylic oxidation sites excluding steroid dienone is 2. The highest BCUT2D eigenvalue weighted by Gasteiger charge is 2.53. The van der Waals surface area contributed by atoms with Crippen molar-refractivity contribution in [1.82, 2.24) is 0 Å². The summed E-state index contributed by atoms with van der Waals surface area (Å²) in [7, 11) is 3.11. The monoisotopic (exact) mass is 361 g/mol. The first-order chi connectivity index (χ1) is 12.0. The minimum Gasteiger partial charge on any atom is -0.497 e. The zero-order valence-electron chi connectivity index (χ0n) is 16.6. The lowest BCUT2D eigenvalue weighted by atomic mass is 9.57. The Morgan fingerprint density at radius 2 is 1.77 bits per heavy atom. The van der Waals surface area contributed by atoms with Crippen molar-refractivity contribution in [2.75, 3.05) is 14.2 Å². The maximum Gasteiger partial charge on any atom is 0.316 e. The van der Waals surface area contributed by atoms with Gasteiger partial charge in [0.2, 0.25) is 0 Å². The summed E-state index contributed by atoms with van der Waals surface area (Å²) in [6.07, 6.45) is 6.28. The summed E-state index contributed by atoms with van der Waals surface area (Å²) >= 11 is 0. The molecule has 0 aromatic heterocycles. The van der Waals surface area contributed by atoms with Gasteiger partial charge in [0.15, 0.2) is 0 Å². The maximum atomic E-state index is 13.0. The second-order valence-corrected chi connectivity index (χ2v) is 8.15. The van der Waals surface area contributed by atoms with Crippen LogP contribution in [0.4, 0.5) is 0 Å². The topological polar surface area (TPSA) is 70.8 Å². The summed E-state index contributed by atoms with van der Waals surface area (Å²) < 4.78 is 16.6. The molecule has 5 nitrogen and oxygen atoms in total. The predicted octanol–water partition coefficient (Wildman–Crippen LogP) is 3.77. The third-order valence-corrected chi connectivity index (χ3v) is 5.24. The van der Waals surface area contributed by atoms with Crippen LogP contribution in [0.3, 0.4) is 0 Å². The smallest absolute Gasteiger partial charge is 0.316 e. The van der Waals surface area contributed by atoms with Crippen molar-refractivity contribution in [3.05, 3.63) is 48.0 Å². The van der Waals surface area contributed by atoms with E-state index in [1.807, 2.05) is 26.8 Å². The van der Waals surface area contributed by atoms with Gasteiger partial charge in [-0.15, -0.1) is 0 Å². The zero-order chi connectivity index (χ0) is 19.8. The van der Waals surface area contributed by atoms with Gasteiger partial charge in [0.05, 0.1) is 25.2 Å². The van der Waals surface area contributed by atoms with Gasteiger partial charge in [0.1, 0.15) is 17.1 Å². The van der Waals surface area contributed by atoms with Crippen LogP contribution in [0, 0.1) is 5.41 Å². The van der Waals surface area contributed by atoms with Crippen LogP contribution in [-0.2, 0) is 19.0 Å². The van der Waals surface area contributed by atoms with Crippen molar-refractivity contribution in [1.29, 1.82) is 0 Å². The van der Waals surface area contributed by atoms with Crippen LogP contribution in [0.25, 0.3) is 0 Å². The first kappa shape index (κ1) is 20.3. The molecular weight excluding hydrogens is 330 g/mol. The lowest BCUT2D eigenvalue weighted by Crippen LogP contribution is -2.55. The van der Waals surface area contributed by atoms with Crippen molar-refractivity contribution in [3.63, 3.8) is 0 Å². The van der Waals surface area contributed by atoms with E-state index in [9.17, 15) is 4.79 Å². The Balaban J connectivity index is 2.60. The summed E-state index contributed by atoms with van der Waals surface area (Å²) in [5.41, 5.74) is 6.45. The third-order valence-electron chi connectivity index (χ3n) is 5.24. The Morgan fingerprint density at radius 3 is 2.19 bits per heavy atom. The molecule has 2 N–H and O–H groups in total. The van der Waals surface area contributed by atoms with E-state index < -0.39 is 16.6 Å². The molecule has 0 unspecified atom stereocenters. The van der Waals surface area contributed by atoms with Gasteiger partial charge in [-0.2, -0.15) is 0 Å². The molecule has 0 aromatic carbocycles. The van der Waals surface area contributed by atoms with E-state index >= 15 is 0 Å². The van der Waals surface area contributed by atoms with Crippen LogP contribution in [0.2, 0.25) is 0 Å². The number of ether oxygens (including phenoxy) is 3. The van der Waals surface area contributed by atoms with Gasteiger partial charge in [-0.3, -0.25) is 4.79 Å². The fraction of sp³-hybridized carbons (Fsp3) is 0.571. The van der Waals surface area contributed by atoms with Gasteiger partial charge in [-0.25, -0.2) is 0 Å². The van der Waals surface area contributed by atoms with Gasteiger partial charge in [0.25, 0.3) is 0 Å². The van der Waals surface area contributed by atoms with E-state index in [4.69, 9.17) is 19.9 Å². The average Bonchev–Trinajstić information content (AvgIpc) is 2.58. The molecule has 3 rings (SSSR count). The van der Waals surface area contributed by atoms with Gasteiger partial charge in [-0.1, -0.05) is 19.2 Å². The van der Waals surface area contributed by atoms with Crippen LogP contribution in [0.5, 0.6) is 0 Å². The van der Waals surface area contributed by atoms with Crippen molar-refractivity contribution in [2.45, 2.75) is 57.6 Å². The first-order valence-corrected chi connectivity index (χ1v) is 8.92. The summed E-state index contributed by atoms with van der Waals surface area (Å²) in [6.45, 7) is 13.4. The average molecular weight is 361 g/mol. The molecule has 0 spiro atoms. The van der Waals surface area contributed by atoms with E-state index in [0.717, 1.165) is 5.57 Å². The molecule has 0 atom stereocenters. The highest BCUT2D eigenvalue weighted by molar-refractivity contribution is 5.81. The molecule has 1 saturated carbocycles. The predicted molar refractivity (Wildman–Crippen MR) is 102 cm³/mol. The molecule has 0 saturated heterocycles. The van der Waals surface area contributed by atoms with E-state index in [1.54, 1.807) is 20.3 Å². The summed E-state index contributed by atoms with van der Waals surface area (Å²) in [6, 6.07) is 0. The quantitative estimate of drug-likeness (QED) is 0.443. The summed E-state index contributed by atoms with van der Waals surface area (Å²) in [4.78, 5) is 13.0. The minimum absolute atomic E-state index is 0.204. The summed E-state index contributed by atoms with van der Waals surface area (Å²) in [5.74, 6) is 0.758. The van der Waals surface area contributed by atoms with Crippen LogP contribution in [0.1, 0.15) is 46.5 Å². The number of fused-ring (bicyclic) bond motifs is 2. The molecule has 3 aliphatic rings. The number of rotatable bonds is 6. The number of carbonyl (C=O) groups excluding carboxylic acids is 1. The molecule has 144 valence electrons. The summed E-state index contributed by atoms with van der Waals surface area (Å²) in [5, 5.41) is 0. The Labute approximate surface area is 156 Å². The minimum atomic E-state index is -0.678. The lowest BCUT2D eigenvalue weighted by molar-refractivity contribution is -0.167. The molecule has 0 aromatic rings. The fourth-order valence-electron chi connectivity index (χ4n) is 3.75. The van der Waals surface area contributed by atoms with Gasteiger partial charge in [-0.05, 0) is 58.1 Å². The fourth-order valence-corrected chi connectivity index (χ4v) is 3.75. The molecule has 0 heterocycles. The highest BCUT2D eigenvalue weighted by Crippen LogP contribution is 2.54. The Hall–Kier alpha value is -2.01. The van der Waals surface area contributed by atoms with Crippen LogP contribution >= 0.6 is 0 Å². The Bertz CT molecular complexity index is 671. The number of hydrogen-bond donors (Lipinski definition) is 1. The number of carbonyl (C=O) groups is 1. The lowest BCUT2D eigenvalue weighted by Gasteiger charge is -2.50. The first-order valence-electron chi connectivity index (χ1n) is 8.92. The van der Waals surface area contributed by atoms with Crippen molar-refractivity contribution in [3.8, 4) is 0 Å². The van der Waals surface area contributed by atoms with E-state index in [1.165, 1.54) is 0 Å². The SMILES string of the molecule is C=C/C(OC)=C(\C(=C)OC)C1=CC2(C(=O)OC(C)(C)C)CCC1(N)CC2.